The summed E-state index contributed by atoms with van der Waals surface area (Å²) in [7, 11) is -1.07. The lowest BCUT2D eigenvalue weighted by molar-refractivity contribution is -0.0603. The number of hydrogen-bond donors (Lipinski definition) is 2. The van der Waals surface area contributed by atoms with Gasteiger partial charge >= 0.3 is 0 Å². The molecule has 0 saturated carbocycles. The lowest BCUT2D eigenvalue weighted by Gasteiger charge is -2.46. The third-order valence-corrected chi connectivity index (χ3v) is 6.65. The van der Waals surface area contributed by atoms with E-state index in [0.717, 1.165) is 25.9 Å². The van der Waals surface area contributed by atoms with Gasteiger partial charge in [0.2, 0.25) is 0 Å². The molecule has 0 radical (unpaired) electrons. The molecule has 0 aromatic heterocycles. The molecule has 2 saturated heterocycles. The summed E-state index contributed by atoms with van der Waals surface area (Å²) < 4.78 is 22.3. The molecule has 0 aliphatic carbocycles. The smallest absolute Gasteiger partial charge is 0.0973 e. The summed E-state index contributed by atoms with van der Waals surface area (Å²) in [5.41, 5.74) is 0.162. The number of rotatable bonds is 2. The lowest BCUT2D eigenvalue weighted by atomic mass is 9.63. The summed E-state index contributed by atoms with van der Waals surface area (Å²) in [5, 5.41) is 3.47. The van der Waals surface area contributed by atoms with Crippen LogP contribution in [0.15, 0.2) is 0 Å². The van der Waals surface area contributed by atoms with E-state index < -0.39 is 11.0 Å². The minimum atomic E-state index is -1.07. The average molecular weight is 331 g/mol. The SMILES string of the molecule is C[C@@H]1OC(C(C)(C)C)C2(CCNCC2)[C@@H]1NS(=O)C(C)(C)C. The lowest BCUT2D eigenvalue weighted by Crippen LogP contribution is -2.57. The summed E-state index contributed by atoms with van der Waals surface area (Å²) >= 11 is 0. The van der Waals surface area contributed by atoms with Crippen LogP contribution in [0.1, 0.15) is 61.3 Å². The number of hydrogen-bond acceptors (Lipinski definition) is 3. The quantitative estimate of drug-likeness (QED) is 0.818. The van der Waals surface area contributed by atoms with E-state index in [0.29, 0.717) is 0 Å². The van der Waals surface area contributed by atoms with Crippen LogP contribution in [0.5, 0.6) is 0 Å². The normalized spacial score (nSPS) is 34.0. The van der Waals surface area contributed by atoms with Gasteiger partial charge in [-0.25, -0.2) is 8.93 Å². The molecule has 2 aliphatic heterocycles. The van der Waals surface area contributed by atoms with Crippen molar-refractivity contribution in [3.63, 3.8) is 0 Å². The maximum Gasteiger partial charge on any atom is 0.0973 e. The summed E-state index contributed by atoms with van der Waals surface area (Å²) in [6, 6.07) is 0.152. The van der Waals surface area contributed by atoms with Crippen LogP contribution in [0, 0.1) is 10.8 Å². The molecule has 4 atom stereocenters. The minimum Gasteiger partial charge on any atom is -0.372 e. The molecular weight excluding hydrogens is 296 g/mol. The number of ether oxygens (including phenoxy) is 1. The first-order valence-electron chi connectivity index (χ1n) is 8.53. The van der Waals surface area contributed by atoms with Crippen molar-refractivity contribution in [1.29, 1.82) is 0 Å². The van der Waals surface area contributed by atoms with Crippen molar-refractivity contribution in [2.24, 2.45) is 10.8 Å². The first kappa shape index (κ1) is 18.4. The molecule has 22 heavy (non-hydrogen) atoms. The highest BCUT2D eigenvalue weighted by atomic mass is 32.2. The van der Waals surface area contributed by atoms with Gasteiger partial charge < -0.3 is 10.1 Å². The van der Waals surface area contributed by atoms with Crippen LogP contribution < -0.4 is 10.0 Å². The molecule has 2 N–H and O–H groups in total. The van der Waals surface area contributed by atoms with Gasteiger partial charge in [-0.3, -0.25) is 0 Å². The number of piperidine rings is 1. The first-order valence-corrected chi connectivity index (χ1v) is 9.68. The molecular formula is C17H34N2O2S. The van der Waals surface area contributed by atoms with Crippen LogP contribution in [-0.4, -0.2) is 40.3 Å². The topological polar surface area (TPSA) is 50.4 Å². The zero-order valence-corrected chi connectivity index (χ0v) is 16.1. The maximum absolute atomic E-state index is 12.7. The van der Waals surface area contributed by atoms with Gasteiger partial charge in [-0.1, -0.05) is 20.8 Å². The third kappa shape index (κ3) is 3.42. The van der Waals surface area contributed by atoms with Crippen LogP contribution in [0.4, 0.5) is 0 Å². The fourth-order valence-corrected chi connectivity index (χ4v) is 5.11. The van der Waals surface area contributed by atoms with Gasteiger partial charge in [-0.15, -0.1) is 0 Å². The van der Waals surface area contributed by atoms with E-state index in [9.17, 15) is 4.21 Å². The van der Waals surface area contributed by atoms with Crippen molar-refractivity contribution in [1.82, 2.24) is 10.0 Å². The third-order valence-electron chi connectivity index (χ3n) is 5.07. The van der Waals surface area contributed by atoms with E-state index in [1.807, 2.05) is 20.8 Å². The molecule has 0 amide bonds. The summed E-state index contributed by atoms with van der Waals surface area (Å²) in [4.78, 5) is 0. The highest BCUT2D eigenvalue weighted by Gasteiger charge is 2.58. The fraction of sp³-hybridized carbons (Fsp3) is 1.00. The molecule has 0 aromatic carbocycles. The molecule has 2 rings (SSSR count). The monoisotopic (exact) mass is 330 g/mol. The Morgan fingerprint density at radius 3 is 2.14 bits per heavy atom. The molecule has 2 unspecified atom stereocenters. The van der Waals surface area contributed by atoms with E-state index >= 15 is 0 Å². The van der Waals surface area contributed by atoms with Crippen LogP contribution in [0.25, 0.3) is 0 Å². The molecule has 4 nitrogen and oxygen atoms in total. The molecule has 2 heterocycles. The molecule has 0 bridgehead atoms. The summed E-state index contributed by atoms with van der Waals surface area (Å²) in [5.74, 6) is 0. The molecule has 1 spiro atoms. The van der Waals surface area contributed by atoms with Crippen molar-refractivity contribution in [2.45, 2.75) is 84.3 Å². The van der Waals surface area contributed by atoms with Crippen molar-refractivity contribution in [3.05, 3.63) is 0 Å². The predicted molar refractivity (Wildman–Crippen MR) is 93.1 cm³/mol. The maximum atomic E-state index is 12.7. The highest BCUT2D eigenvalue weighted by Crippen LogP contribution is 2.51. The van der Waals surface area contributed by atoms with Gasteiger partial charge in [0.1, 0.15) is 0 Å². The predicted octanol–water partition coefficient (Wildman–Crippen LogP) is 2.61. The van der Waals surface area contributed by atoms with Crippen LogP contribution in [0.2, 0.25) is 0 Å². The molecule has 130 valence electrons. The second kappa shape index (κ2) is 6.15. The highest BCUT2D eigenvalue weighted by molar-refractivity contribution is 7.84. The number of nitrogens with one attached hydrogen (secondary N) is 2. The van der Waals surface area contributed by atoms with E-state index in [2.05, 4.69) is 37.7 Å². The first-order chi connectivity index (χ1) is 9.98. The summed E-state index contributed by atoms with van der Waals surface area (Å²) in [6.07, 6.45) is 2.46. The second-order valence-corrected chi connectivity index (χ2v) is 11.0. The minimum absolute atomic E-state index is 0.0732. The van der Waals surface area contributed by atoms with Gasteiger partial charge in [0.15, 0.2) is 0 Å². The van der Waals surface area contributed by atoms with E-state index in [-0.39, 0.29) is 33.8 Å². The second-order valence-electron chi connectivity index (χ2n) is 9.05. The van der Waals surface area contributed by atoms with Gasteiger partial charge in [0.25, 0.3) is 0 Å². The Kier molecular flexibility index (Phi) is 5.14. The van der Waals surface area contributed by atoms with Gasteiger partial charge in [-0.05, 0) is 59.0 Å². The average Bonchev–Trinajstić information content (AvgIpc) is 2.64. The Morgan fingerprint density at radius 1 is 1.14 bits per heavy atom. The molecule has 2 fully saturated rings. The standard InChI is InChI=1S/C17H34N2O2S/c1-12-13(19-22(20)16(5,6)7)17(8-10-18-11-9-17)14(21-12)15(2,3)4/h12-14,18-19H,8-11H2,1-7H3/t12-,13+,14?,22?/m0/s1. The Morgan fingerprint density at radius 2 is 1.68 bits per heavy atom. The largest absolute Gasteiger partial charge is 0.372 e. The van der Waals surface area contributed by atoms with E-state index in [4.69, 9.17) is 4.74 Å². The Labute approximate surface area is 138 Å². The Balaban J connectivity index is 2.32. The molecule has 2 aliphatic rings. The van der Waals surface area contributed by atoms with Crippen LogP contribution >= 0.6 is 0 Å². The van der Waals surface area contributed by atoms with Crippen molar-refractivity contribution < 1.29 is 8.95 Å². The summed E-state index contributed by atoms with van der Waals surface area (Å²) in [6.45, 7) is 17.0. The zero-order chi connectivity index (χ0) is 16.8. The van der Waals surface area contributed by atoms with Gasteiger partial charge in [-0.2, -0.15) is 0 Å². The zero-order valence-electron chi connectivity index (χ0n) is 15.3. The van der Waals surface area contributed by atoms with Crippen molar-refractivity contribution in [3.8, 4) is 0 Å². The molecule has 5 heteroatoms. The fourth-order valence-electron chi connectivity index (χ4n) is 4.10. The Bertz CT molecular complexity index is 419. The van der Waals surface area contributed by atoms with Crippen molar-refractivity contribution in [2.75, 3.05) is 13.1 Å². The Hall–Kier alpha value is 0.0300. The van der Waals surface area contributed by atoms with Gasteiger partial charge in [0, 0.05) is 5.41 Å². The van der Waals surface area contributed by atoms with Gasteiger partial charge in [0.05, 0.1) is 34.0 Å². The van der Waals surface area contributed by atoms with E-state index in [1.54, 1.807) is 0 Å². The van der Waals surface area contributed by atoms with E-state index in [1.165, 1.54) is 0 Å². The van der Waals surface area contributed by atoms with Crippen LogP contribution in [0.3, 0.4) is 0 Å². The van der Waals surface area contributed by atoms with Crippen molar-refractivity contribution >= 4 is 11.0 Å². The van der Waals surface area contributed by atoms with Crippen LogP contribution in [-0.2, 0) is 15.7 Å². The molecule has 0 aromatic rings.